The molecule has 0 spiro atoms. The number of aliphatic hydroxyl groups is 1. The van der Waals surface area contributed by atoms with Crippen molar-refractivity contribution in [2.24, 2.45) is 5.92 Å². The normalized spacial score (nSPS) is 23.4. The molecule has 17 heavy (non-hydrogen) atoms. The Morgan fingerprint density at radius 3 is 2.35 bits per heavy atom. The van der Waals surface area contributed by atoms with Gasteiger partial charge >= 0.3 is 5.97 Å². The second kappa shape index (κ2) is 7.04. The van der Waals surface area contributed by atoms with Crippen molar-refractivity contribution in [2.45, 2.75) is 19.4 Å². The minimum atomic E-state index is -0.894. The van der Waals surface area contributed by atoms with Crippen LogP contribution in [0.15, 0.2) is 30.3 Å². The lowest BCUT2D eigenvalue weighted by Crippen LogP contribution is -2.43. The molecule has 1 aliphatic rings. The number of carbonyl (C=O) groups is 1. The first-order valence-electron chi connectivity index (χ1n) is 5.74. The van der Waals surface area contributed by atoms with Crippen LogP contribution in [-0.4, -0.2) is 35.4 Å². The Bertz CT molecular complexity index is 340. The van der Waals surface area contributed by atoms with Gasteiger partial charge in [0, 0.05) is 6.54 Å². The van der Waals surface area contributed by atoms with Gasteiger partial charge < -0.3 is 15.5 Å². The molecule has 0 aliphatic carbocycles. The van der Waals surface area contributed by atoms with Crippen molar-refractivity contribution in [3.05, 3.63) is 35.9 Å². The summed E-state index contributed by atoms with van der Waals surface area (Å²) in [5.41, 5.74) is 1.32. The van der Waals surface area contributed by atoms with Gasteiger partial charge in [0.05, 0.1) is 12.0 Å². The van der Waals surface area contributed by atoms with Gasteiger partial charge in [-0.25, -0.2) is 0 Å². The van der Waals surface area contributed by atoms with Crippen LogP contribution in [0, 0.1) is 12.8 Å². The molecule has 1 aromatic rings. The molecule has 1 fully saturated rings. The Labute approximate surface area is 101 Å². The Morgan fingerprint density at radius 2 is 2.00 bits per heavy atom. The average molecular weight is 237 g/mol. The predicted molar refractivity (Wildman–Crippen MR) is 65.8 cm³/mol. The molecule has 2 unspecified atom stereocenters. The molecule has 4 nitrogen and oxygen atoms in total. The first kappa shape index (κ1) is 13.7. The van der Waals surface area contributed by atoms with Gasteiger partial charge in [-0.05, 0) is 19.9 Å². The summed E-state index contributed by atoms with van der Waals surface area (Å²) in [6, 6.07) is 10.3. The predicted octanol–water partition coefficient (Wildman–Crippen LogP) is 1.04. The Hall–Kier alpha value is -1.39. The van der Waals surface area contributed by atoms with E-state index in [-0.39, 0.29) is 0 Å². The van der Waals surface area contributed by atoms with Gasteiger partial charge in [0.15, 0.2) is 0 Å². The smallest absolute Gasteiger partial charge is 0.309 e. The molecule has 1 aliphatic heterocycles. The van der Waals surface area contributed by atoms with E-state index in [4.69, 9.17) is 10.2 Å². The molecule has 2 rings (SSSR count). The van der Waals surface area contributed by atoms with Crippen LogP contribution in [0.3, 0.4) is 0 Å². The SMILES string of the molecule is Cc1ccccc1.O=C(O)C1CCNCC1O. The largest absolute Gasteiger partial charge is 0.481 e. The van der Waals surface area contributed by atoms with E-state index in [0.717, 1.165) is 0 Å². The number of benzene rings is 1. The molecule has 3 N–H and O–H groups in total. The maximum absolute atomic E-state index is 10.4. The van der Waals surface area contributed by atoms with Crippen molar-refractivity contribution in [3.63, 3.8) is 0 Å². The number of carboxylic acids is 1. The number of hydrogen-bond donors (Lipinski definition) is 3. The highest BCUT2D eigenvalue weighted by Crippen LogP contribution is 2.11. The third-order valence-electron chi connectivity index (χ3n) is 2.71. The molecule has 1 aromatic carbocycles. The number of aryl methyl sites for hydroxylation is 1. The van der Waals surface area contributed by atoms with E-state index in [9.17, 15) is 4.79 Å². The van der Waals surface area contributed by atoms with Crippen LogP contribution in [0.4, 0.5) is 0 Å². The number of carboxylic acid groups (broad SMARTS) is 1. The summed E-state index contributed by atoms with van der Waals surface area (Å²) in [6.07, 6.45) is -0.192. The summed E-state index contributed by atoms with van der Waals surface area (Å²) in [5, 5.41) is 20.5. The summed E-state index contributed by atoms with van der Waals surface area (Å²) in [4.78, 5) is 10.4. The van der Waals surface area contributed by atoms with Gasteiger partial charge in [-0.3, -0.25) is 4.79 Å². The summed E-state index contributed by atoms with van der Waals surface area (Å²) in [6.45, 7) is 3.17. The highest BCUT2D eigenvalue weighted by molar-refractivity contribution is 5.70. The van der Waals surface area contributed by atoms with E-state index in [1.165, 1.54) is 5.56 Å². The number of β-amino-alcohol motifs (C(OH)–C–C–N with tert-alkyl or cyclic N) is 1. The maximum atomic E-state index is 10.4. The molecule has 0 aromatic heterocycles. The van der Waals surface area contributed by atoms with Crippen LogP contribution in [0.25, 0.3) is 0 Å². The Kier molecular flexibility index (Phi) is 5.66. The van der Waals surface area contributed by atoms with Crippen LogP contribution >= 0.6 is 0 Å². The minimum Gasteiger partial charge on any atom is -0.481 e. The minimum absolute atomic E-state index is 0.400. The topological polar surface area (TPSA) is 69.6 Å². The fourth-order valence-corrected chi connectivity index (χ4v) is 1.66. The first-order valence-corrected chi connectivity index (χ1v) is 5.74. The van der Waals surface area contributed by atoms with Crippen molar-refractivity contribution in [1.29, 1.82) is 0 Å². The summed E-state index contributed by atoms with van der Waals surface area (Å²) < 4.78 is 0. The van der Waals surface area contributed by atoms with Crippen LogP contribution < -0.4 is 5.32 Å². The van der Waals surface area contributed by atoms with Crippen LogP contribution in [0.2, 0.25) is 0 Å². The molecule has 1 saturated heterocycles. The van der Waals surface area contributed by atoms with E-state index >= 15 is 0 Å². The van der Waals surface area contributed by atoms with Crippen molar-refractivity contribution in [1.82, 2.24) is 5.32 Å². The van der Waals surface area contributed by atoms with E-state index in [1.807, 2.05) is 18.2 Å². The average Bonchev–Trinajstić information content (AvgIpc) is 2.31. The summed E-state index contributed by atoms with van der Waals surface area (Å²) >= 11 is 0. The second-order valence-corrected chi connectivity index (χ2v) is 4.16. The third kappa shape index (κ3) is 4.97. The second-order valence-electron chi connectivity index (χ2n) is 4.16. The van der Waals surface area contributed by atoms with Crippen molar-refractivity contribution >= 4 is 5.97 Å². The molecule has 4 heteroatoms. The quantitative estimate of drug-likeness (QED) is 0.682. The van der Waals surface area contributed by atoms with Crippen molar-refractivity contribution < 1.29 is 15.0 Å². The summed E-state index contributed by atoms with van der Waals surface area (Å²) in [7, 11) is 0. The molecule has 0 bridgehead atoms. The zero-order chi connectivity index (χ0) is 12.7. The number of hydrogen-bond acceptors (Lipinski definition) is 3. The molecule has 0 amide bonds. The molecular weight excluding hydrogens is 218 g/mol. The van der Waals surface area contributed by atoms with Crippen LogP contribution in [0.5, 0.6) is 0 Å². The highest BCUT2D eigenvalue weighted by Gasteiger charge is 2.28. The van der Waals surface area contributed by atoms with Crippen LogP contribution in [0.1, 0.15) is 12.0 Å². The molecule has 1 heterocycles. The number of rotatable bonds is 1. The number of aliphatic carboxylic acids is 1. The third-order valence-corrected chi connectivity index (χ3v) is 2.71. The zero-order valence-electron chi connectivity index (χ0n) is 9.97. The molecule has 2 atom stereocenters. The summed E-state index contributed by atoms with van der Waals surface area (Å²) in [5.74, 6) is -1.46. The van der Waals surface area contributed by atoms with Crippen LogP contribution in [-0.2, 0) is 4.79 Å². The number of aliphatic hydroxyl groups excluding tert-OH is 1. The Balaban J connectivity index is 0.000000181. The maximum Gasteiger partial charge on any atom is 0.309 e. The van der Waals surface area contributed by atoms with Gasteiger partial charge in [-0.15, -0.1) is 0 Å². The first-order chi connectivity index (χ1) is 8.11. The van der Waals surface area contributed by atoms with Crippen molar-refractivity contribution in [3.8, 4) is 0 Å². The zero-order valence-corrected chi connectivity index (χ0v) is 9.97. The number of piperidine rings is 1. The number of nitrogens with one attached hydrogen (secondary N) is 1. The monoisotopic (exact) mass is 237 g/mol. The van der Waals surface area contributed by atoms with Gasteiger partial charge in [-0.1, -0.05) is 35.9 Å². The van der Waals surface area contributed by atoms with Gasteiger partial charge in [0.1, 0.15) is 0 Å². The lowest BCUT2D eigenvalue weighted by Gasteiger charge is -2.24. The lowest BCUT2D eigenvalue weighted by atomic mass is 9.96. The lowest BCUT2D eigenvalue weighted by molar-refractivity contribution is -0.146. The van der Waals surface area contributed by atoms with E-state index in [0.29, 0.717) is 19.5 Å². The van der Waals surface area contributed by atoms with Crippen molar-refractivity contribution in [2.75, 3.05) is 13.1 Å². The molecule has 0 saturated carbocycles. The molecular formula is C13H19NO3. The van der Waals surface area contributed by atoms with E-state index in [1.54, 1.807) is 0 Å². The van der Waals surface area contributed by atoms with Gasteiger partial charge in [-0.2, -0.15) is 0 Å². The molecule has 94 valence electrons. The fourth-order valence-electron chi connectivity index (χ4n) is 1.66. The van der Waals surface area contributed by atoms with E-state index in [2.05, 4.69) is 24.4 Å². The molecule has 0 radical (unpaired) electrons. The standard InChI is InChI=1S/C7H8.C6H11NO3/c1-7-5-3-2-4-6-7;8-5-3-7-2-1-4(5)6(9)10/h2-6H,1H3;4-5,7-8H,1-3H2,(H,9,10). The van der Waals surface area contributed by atoms with Gasteiger partial charge in [0.25, 0.3) is 0 Å². The van der Waals surface area contributed by atoms with E-state index < -0.39 is 18.0 Å². The highest BCUT2D eigenvalue weighted by atomic mass is 16.4. The fraction of sp³-hybridized carbons (Fsp3) is 0.462. The Morgan fingerprint density at radius 1 is 1.35 bits per heavy atom. The van der Waals surface area contributed by atoms with Gasteiger partial charge in [0.2, 0.25) is 0 Å².